The van der Waals surface area contributed by atoms with Crippen molar-refractivity contribution in [1.82, 2.24) is 9.46 Å². The number of sulfonamides is 1. The Kier molecular flexibility index (Phi) is 6.48. The first-order valence-corrected chi connectivity index (χ1v) is 12.4. The van der Waals surface area contributed by atoms with Gasteiger partial charge in [0, 0.05) is 43.5 Å². The highest BCUT2D eigenvalue weighted by molar-refractivity contribution is 7.89. The molecule has 0 saturated carbocycles. The van der Waals surface area contributed by atoms with E-state index in [-0.39, 0.29) is 23.9 Å². The number of piperazine rings is 1. The molecule has 1 fully saturated rings. The monoisotopic (exact) mass is 493 g/mol. The number of halogens is 3. The molecule has 0 spiro atoms. The Morgan fingerprint density at radius 2 is 1.71 bits per heavy atom. The van der Waals surface area contributed by atoms with Crippen molar-refractivity contribution in [2.45, 2.75) is 37.8 Å². The molecule has 6 nitrogen and oxygen atoms in total. The van der Waals surface area contributed by atoms with Crippen LogP contribution >= 0.6 is 0 Å². The second-order valence-electron chi connectivity index (χ2n) is 8.68. The van der Waals surface area contributed by atoms with Crippen LogP contribution in [0.25, 0.3) is 11.3 Å². The Balaban J connectivity index is 1.59. The number of aryl methyl sites for hydroxylation is 1. The van der Waals surface area contributed by atoms with Crippen molar-refractivity contribution in [2.24, 2.45) is 0 Å². The zero-order chi connectivity index (χ0) is 24.7. The van der Waals surface area contributed by atoms with Crippen molar-refractivity contribution in [3.63, 3.8) is 0 Å². The average molecular weight is 494 g/mol. The molecule has 0 amide bonds. The van der Waals surface area contributed by atoms with E-state index in [1.165, 1.54) is 10.4 Å². The highest BCUT2D eigenvalue weighted by Gasteiger charge is 2.33. The minimum Gasteiger partial charge on any atom is -0.369 e. The van der Waals surface area contributed by atoms with Gasteiger partial charge < -0.3 is 9.42 Å². The van der Waals surface area contributed by atoms with Crippen LogP contribution in [-0.4, -0.2) is 44.1 Å². The molecule has 4 rings (SSSR count). The van der Waals surface area contributed by atoms with Crippen LogP contribution < -0.4 is 4.90 Å². The Morgan fingerprint density at radius 3 is 2.29 bits per heavy atom. The van der Waals surface area contributed by atoms with E-state index >= 15 is 0 Å². The Morgan fingerprint density at radius 1 is 1.00 bits per heavy atom. The van der Waals surface area contributed by atoms with Gasteiger partial charge in [-0.25, -0.2) is 8.42 Å². The van der Waals surface area contributed by atoms with Crippen LogP contribution in [0.4, 0.5) is 18.9 Å². The maximum atomic E-state index is 13.6. The summed E-state index contributed by atoms with van der Waals surface area (Å²) >= 11 is 0. The second-order valence-corrected chi connectivity index (χ2v) is 10.6. The summed E-state index contributed by atoms with van der Waals surface area (Å²) in [4.78, 5) is 1.99. The maximum absolute atomic E-state index is 13.6. The van der Waals surface area contributed by atoms with Crippen LogP contribution in [0.2, 0.25) is 0 Å². The lowest BCUT2D eigenvalue weighted by Crippen LogP contribution is -2.48. The van der Waals surface area contributed by atoms with Gasteiger partial charge in [0.2, 0.25) is 10.0 Å². The van der Waals surface area contributed by atoms with Crippen molar-refractivity contribution in [3.05, 3.63) is 65.4 Å². The van der Waals surface area contributed by atoms with E-state index in [1.54, 1.807) is 36.1 Å². The third-order valence-corrected chi connectivity index (χ3v) is 7.90. The topological polar surface area (TPSA) is 66.7 Å². The predicted molar refractivity (Wildman–Crippen MR) is 123 cm³/mol. The molecule has 1 aromatic heterocycles. The summed E-state index contributed by atoms with van der Waals surface area (Å²) in [6.45, 7) is 6.56. The lowest BCUT2D eigenvalue weighted by molar-refractivity contribution is -0.137. The molecule has 1 aliphatic rings. The summed E-state index contributed by atoms with van der Waals surface area (Å²) in [5, 5.41) is 3.88. The van der Waals surface area contributed by atoms with Crippen LogP contribution in [0.5, 0.6) is 0 Å². The molecule has 3 aromatic rings. The lowest BCUT2D eigenvalue weighted by atomic mass is 10.0. The van der Waals surface area contributed by atoms with Crippen LogP contribution in [0.3, 0.4) is 0 Å². The van der Waals surface area contributed by atoms with Gasteiger partial charge in [-0.05, 0) is 42.7 Å². The van der Waals surface area contributed by atoms with E-state index in [9.17, 15) is 21.6 Å². The van der Waals surface area contributed by atoms with Gasteiger partial charge >= 0.3 is 6.18 Å². The SMILES string of the molecule is Cc1cc(-c2ccc(C(C)C)c(S(=O)(=O)N3CCN(c4cccc(C(F)(F)F)c4)CC3)c2)on1. The molecular formula is C24H26F3N3O3S. The first kappa shape index (κ1) is 24.3. The van der Waals surface area contributed by atoms with Crippen LogP contribution in [0.1, 0.15) is 36.6 Å². The third kappa shape index (κ3) is 4.83. The minimum absolute atomic E-state index is 0.0262. The Bertz CT molecular complexity index is 1280. The zero-order valence-corrected chi connectivity index (χ0v) is 19.9. The van der Waals surface area contributed by atoms with Crippen LogP contribution in [0.15, 0.2) is 57.9 Å². The van der Waals surface area contributed by atoms with Crippen LogP contribution in [-0.2, 0) is 16.2 Å². The fourth-order valence-electron chi connectivity index (χ4n) is 4.09. The number of nitrogens with zero attached hydrogens (tertiary/aromatic N) is 3. The molecule has 1 saturated heterocycles. The molecular weight excluding hydrogens is 467 g/mol. The highest BCUT2D eigenvalue weighted by Crippen LogP contribution is 2.34. The molecule has 10 heteroatoms. The number of rotatable bonds is 5. The summed E-state index contributed by atoms with van der Waals surface area (Å²) in [5.74, 6) is 0.459. The molecule has 2 heterocycles. The average Bonchev–Trinajstić information content (AvgIpc) is 3.24. The molecule has 0 N–H and O–H groups in total. The number of aromatic nitrogens is 1. The van der Waals surface area contributed by atoms with Crippen molar-refractivity contribution in [1.29, 1.82) is 0 Å². The quantitative estimate of drug-likeness (QED) is 0.482. The first-order chi connectivity index (χ1) is 16.0. The number of hydrogen-bond donors (Lipinski definition) is 0. The summed E-state index contributed by atoms with van der Waals surface area (Å²) in [5.41, 5.74) is 1.71. The summed E-state index contributed by atoms with van der Waals surface area (Å²) < 4.78 is 73.2. The molecule has 0 aliphatic carbocycles. The number of benzene rings is 2. The Hall–Kier alpha value is -2.85. The number of hydrogen-bond acceptors (Lipinski definition) is 5. The summed E-state index contributed by atoms with van der Waals surface area (Å²) in [6, 6.07) is 12.1. The molecule has 182 valence electrons. The number of alkyl halides is 3. The number of anilines is 1. The summed E-state index contributed by atoms with van der Waals surface area (Å²) in [7, 11) is -3.83. The molecule has 2 aromatic carbocycles. The standard InChI is InChI=1S/C24H26F3N3O3S/c1-16(2)21-8-7-18(22-13-17(3)28-33-22)14-23(21)34(31,32)30-11-9-29(10-12-30)20-6-4-5-19(15-20)24(25,26)27/h4-8,13-16H,9-12H2,1-3H3. The van der Waals surface area contributed by atoms with E-state index in [1.807, 2.05) is 19.9 Å². The minimum atomic E-state index is -4.43. The summed E-state index contributed by atoms with van der Waals surface area (Å²) in [6.07, 6.45) is -4.43. The first-order valence-electron chi connectivity index (χ1n) is 11.0. The van der Waals surface area contributed by atoms with E-state index in [0.717, 1.165) is 12.1 Å². The van der Waals surface area contributed by atoms with Gasteiger partial charge in [-0.1, -0.05) is 37.2 Å². The van der Waals surface area contributed by atoms with E-state index in [0.29, 0.717) is 41.4 Å². The van der Waals surface area contributed by atoms with Gasteiger partial charge in [-0.2, -0.15) is 17.5 Å². The zero-order valence-electron chi connectivity index (χ0n) is 19.1. The van der Waals surface area contributed by atoms with E-state index in [4.69, 9.17) is 4.52 Å². The Labute approximate surface area is 197 Å². The normalized spacial score (nSPS) is 15.8. The molecule has 1 aliphatic heterocycles. The van der Waals surface area contributed by atoms with Crippen LogP contribution in [0, 0.1) is 6.92 Å². The van der Waals surface area contributed by atoms with Gasteiger partial charge in [0.25, 0.3) is 0 Å². The fourth-order valence-corrected chi connectivity index (χ4v) is 5.89. The van der Waals surface area contributed by atoms with E-state index in [2.05, 4.69) is 5.16 Å². The molecule has 0 atom stereocenters. The molecule has 34 heavy (non-hydrogen) atoms. The molecule has 0 bridgehead atoms. The lowest BCUT2D eigenvalue weighted by Gasteiger charge is -2.36. The maximum Gasteiger partial charge on any atom is 0.416 e. The highest BCUT2D eigenvalue weighted by atomic mass is 32.2. The molecule has 0 radical (unpaired) electrons. The largest absolute Gasteiger partial charge is 0.416 e. The van der Waals surface area contributed by atoms with E-state index < -0.39 is 21.8 Å². The van der Waals surface area contributed by atoms with Crippen molar-refractivity contribution in [2.75, 3.05) is 31.1 Å². The smallest absolute Gasteiger partial charge is 0.369 e. The van der Waals surface area contributed by atoms with Gasteiger partial charge in [-0.15, -0.1) is 0 Å². The van der Waals surface area contributed by atoms with Gasteiger partial charge in [-0.3, -0.25) is 0 Å². The van der Waals surface area contributed by atoms with Gasteiger partial charge in [0.05, 0.1) is 16.2 Å². The van der Waals surface area contributed by atoms with Crippen molar-refractivity contribution < 1.29 is 26.1 Å². The fraction of sp³-hybridized carbons (Fsp3) is 0.375. The predicted octanol–water partition coefficient (Wildman–Crippen LogP) is 5.30. The third-order valence-electron chi connectivity index (χ3n) is 5.94. The van der Waals surface area contributed by atoms with Crippen molar-refractivity contribution >= 4 is 15.7 Å². The van der Waals surface area contributed by atoms with Crippen molar-refractivity contribution in [3.8, 4) is 11.3 Å². The molecule has 0 unspecified atom stereocenters. The van der Waals surface area contributed by atoms with Gasteiger partial charge in [0.1, 0.15) is 0 Å². The second kappa shape index (κ2) is 9.07. The van der Waals surface area contributed by atoms with Gasteiger partial charge in [0.15, 0.2) is 5.76 Å².